The van der Waals surface area contributed by atoms with Gasteiger partial charge in [-0.3, -0.25) is 9.78 Å². The van der Waals surface area contributed by atoms with Crippen LogP contribution in [-0.4, -0.2) is 9.97 Å². The molecule has 0 saturated carbocycles. The highest BCUT2D eigenvalue weighted by Crippen LogP contribution is 2.18. The van der Waals surface area contributed by atoms with Gasteiger partial charge in [-0.15, -0.1) is 0 Å². The molecule has 0 amide bonds. The molecule has 2 rings (SSSR count). The minimum Gasteiger partial charge on any atom is -0.353 e. The van der Waals surface area contributed by atoms with Crippen molar-refractivity contribution in [1.82, 2.24) is 9.97 Å². The number of nitrogens with zero attached hydrogens (tertiary/aromatic N) is 3. The highest BCUT2D eigenvalue weighted by molar-refractivity contribution is 5.68. The Kier molecular flexibility index (Phi) is 1.86. The molecule has 0 saturated heterocycles. The summed E-state index contributed by atoms with van der Waals surface area (Å²) in [6.07, 6.45) is 3.20. The summed E-state index contributed by atoms with van der Waals surface area (Å²) in [5, 5.41) is 12.0. The summed E-state index contributed by atoms with van der Waals surface area (Å²) >= 11 is 0. The zero-order chi connectivity index (χ0) is 9.97. The van der Waals surface area contributed by atoms with Crippen LogP contribution in [0.2, 0.25) is 0 Å². The predicted octanol–water partition coefficient (Wildman–Crippen LogP) is 0.0359. The van der Waals surface area contributed by atoms with Gasteiger partial charge in [0.1, 0.15) is 5.69 Å². The van der Waals surface area contributed by atoms with E-state index in [9.17, 15) is 4.79 Å². The fourth-order valence-electron chi connectivity index (χ4n) is 1.05. The van der Waals surface area contributed by atoms with Crippen molar-refractivity contribution in [2.45, 2.75) is 0 Å². The lowest BCUT2D eigenvalue weighted by Crippen LogP contribution is -2.17. The molecule has 2 heterocycles. The van der Waals surface area contributed by atoms with Gasteiger partial charge in [0, 0.05) is 12.4 Å². The van der Waals surface area contributed by atoms with Crippen LogP contribution >= 0.6 is 0 Å². The average Bonchev–Trinajstić information content (AvgIpc) is 2.18. The normalized spacial score (nSPS) is 13.4. The fourth-order valence-corrected chi connectivity index (χ4v) is 1.05. The average molecular weight is 193 g/mol. The predicted molar refractivity (Wildman–Crippen MR) is 49.9 cm³/mol. The Balaban J connectivity index is 2.55. The summed E-state index contributed by atoms with van der Waals surface area (Å²) in [5.41, 5.74) is -0.00211. The van der Waals surface area contributed by atoms with E-state index in [2.05, 4.69) is 30.9 Å². The van der Waals surface area contributed by atoms with Gasteiger partial charge in [0.05, 0.1) is 0 Å². The number of H-pyrrole nitrogens is 1. The van der Waals surface area contributed by atoms with E-state index in [1.807, 2.05) is 0 Å². The van der Waals surface area contributed by atoms with Gasteiger partial charge in [-0.1, -0.05) is 10.3 Å². The molecule has 0 radical (unpaired) electrons. The van der Waals surface area contributed by atoms with Crippen LogP contribution in [0.1, 0.15) is 0 Å². The van der Waals surface area contributed by atoms with Crippen LogP contribution in [0.5, 0.6) is 0 Å². The first-order valence-electron chi connectivity index (χ1n) is 3.74. The van der Waals surface area contributed by atoms with Crippen molar-refractivity contribution in [2.24, 2.45) is 16.2 Å². The molecular weight excluding hydrogens is 186 g/mol. The van der Waals surface area contributed by atoms with Crippen LogP contribution in [0.3, 0.4) is 0 Å². The van der Waals surface area contributed by atoms with Crippen LogP contribution in [0, 0.1) is 0 Å². The number of nitrogens with one attached hydrogen (secondary N) is 3. The lowest BCUT2D eigenvalue weighted by atomic mass is 10.4. The second-order valence-electron chi connectivity index (χ2n) is 2.45. The second kappa shape index (κ2) is 3.17. The lowest BCUT2D eigenvalue weighted by Gasteiger charge is -2.11. The number of hydrogen-bond acceptors (Lipinski definition) is 6. The van der Waals surface area contributed by atoms with Gasteiger partial charge in [-0.05, 0) is 0 Å². The molecule has 0 atom stereocenters. The van der Waals surface area contributed by atoms with Gasteiger partial charge in [-0.2, -0.15) is 4.98 Å². The molecule has 72 valence electrons. The van der Waals surface area contributed by atoms with E-state index < -0.39 is 0 Å². The summed E-state index contributed by atoms with van der Waals surface area (Å²) in [6, 6.07) is 0. The first-order chi connectivity index (χ1) is 6.81. The van der Waals surface area contributed by atoms with E-state index >= 15 is 0 Å². The van der Waals surface area contributed by atoms with Gasteiger partial charge >= 0.3 is 0 Å². The van der Waals surface area contributed by atoms with Gasteiger partial charge in [-0.25, -0.2) is 0 Å². The largest absolute Gasteiger partial charge is 0.353 e. The molecule has 5 N–H and O–H groups in total. The number of rotatable bonds is 1. The molecule has 0 aliphatic carbocycles. The van der Waals surface area contributed by atoms with Crippen LogP contribution in [0.4, 0.5) is 17.5 Å². The van der Waals surface area contributed by atoms with Gasteiger partial charge < -0.3 is 16.5 Å². The van der Waals surface area contributed by atoms with E-state index in [1.165, 1.54) is 0 Å². The lowest BCUT2D eigenvalue weighted by molar-refractivity contribution is 0.980. The zero-order valence-electron chi connectivity index (χ0n) is 6.98. The summed E-state index contributed by atoms with van der Waals surface area (Å²) < 4.78 is 0. The maximum Gasteiger partial charge on any atom is 0.278 e. The van der Waals surface area contributed by atoms with Crippen LogP contribution in [0.15, 0.2) is 27.5 Å². The Bertz CT molecular complexity index is 460. The molecule has 0 bridgehead atoms. The van der Waals surface area contributed by atoms with E-state index in [0.29, 0.717) is 11.5 Å². The molecule has 0 aromatic carbocycles. The standard InChI is InChI=1S/C6H7N7O/c7-13-12-6-10-4-3(5(14)11-6)8-1-2-9-4/h1-2,8H,(H4,7,9,10,11,12,14). The zero-order valence-corrected chi connectivity index (χ0v) is 6.98. The molecule has 0 unspecified atom stereocenters. The smallest absolute Gasteiger partial charge is 0.278 e. The minimum atomic E-state index is -0.339. The van der Waals surface area contributed by atoms with Crippen molar-refractivity contribution in [3.63, 3.8) is 0 Å². The van der Waals surface area contributed by atoms with Crippen molar-refractivity contribution in [3.8, 4) is 0 Å². The third-order valence-electron chi connectivity index (χ3n) is 1.59. The topological polar surface area (TPSA) is 121 Å². The third kappa shape index (κ3) is 1.28. The van der Waals surface area contributed by atoms with Crippen molar-refractivity contribution in [1.29, 1.82) is 0 Å². The molecule has 0 fully saturated rings. The van der Waals surface area contributed by atoms with Crippen molar-refractivity contribution >= 4 is 17.5 Å². The summed E-state index contributed by atoms with van der Waals surface area (Å²) in [6.45, 7) is 0. The molecule has 8 heteroatoms. The molecular formula is C6H7N7O. The molecule has 1 aliphatic heterocycles. The maximum atomic E-state index is 11.4. The Morgan fingerprint density at radius 2 is 2.14 bits per heavy atom. The van der Waals surface area contributed by atoms with Gasteiger partial charge in [0.15, 0.2) is 5.82 Å². The second-order valence-corrected chi connectivity index (χ2v) is 2.45. The number of aromatic amines is 1. The minimum absolute atomic E-state index is 0.0563. The maximum absolute atomic E-state index is 11.4. The molecule has 1 aromatic rings. The van der Waals surface area contributed by atoms with Gasteiger partial charge in [0.25, 0.3) is 11.5 Å². The number of anilines is 2. The molecule has 8 nitrogen and oxygen atoms in total. The Morgan fingerprint density at radius 3 is 2.93 bits per heavy atom. The SMILES string of the molecule is NN=Nc1nc2c(c(=O)[nH]1)NC=CN2. The van der Waals surface area contributed by atoms with E-state index in [1.54, 1.807) is 12.4 Å². The summed E-state index contributed by atoms with van der Waals surface area (Å²) in [5.74, 6) is 5.28. The molecule has 1 aliphatic rings. The number of fused-ring (bicyclic) bond motifs is 1. The Labute approximate surface area is 77.9 Å². The first kappa shape index (κ1) is 8.23. The van der Waals surface area contributed by atoms with Crippen molar-refractivity contribution in [3.05, 3.63) is 22.8 Å². The van der Waals surface area contributed by atoms with E-state index in [-0.39, 0.29) is 11.5 Å². The number of nitrogens with two attached hydrogens (primary N) is 1. The number of hydrogen-bond donors (Lipinski definition) is 4. The number of aromatic nitrogens is 2. The molecule has 0 spiro atoms. The first-order valence-corrected chi connectivity index (χ1v) is 3.74. The quantitative estimate of drug-likeness (QED) is 0.285. The third-order valence-corrected chi connectivity index (χ3v) is 1.59. The van der Waals surface area contributed by atoms with E-state index in [0.717, 1.165) is 0 Å². The Morgan fingerprint density at radius 1 is 1.36 bits per heavy atom. The van der Waals surface area contributed by atoms with Gasteiger partial charge in [0.2, 0.25) is 0 Å². The monoisotopic (exact) mass is 193 g/mol. The molecule has 14 heavy (non-hydrogen) atoms. The van der Waals surface area contributed by atoms with Crippen LogP contribution in [-0.2, 0) is 0 Å². The van der Waals surface area contributed by atoms with Crippen molar-refractivity contribution in [2.75, 3.05) is 10.6 Å². The van der Waals surface area contributed by atoms with Crippen LogP contribution < -0.4 is 22.0 Å². The Hall–Kier alpha value is -2.38. The molecule has 1 aromatic heterocycles. The van der Waals surface area contributed by atoms with Crippen molar-refractivity contribution < 1.29 is 0 Å². The summed E-state index contributed by atoms with van der Waals surface area (Å²) in [4.78, 5) is 17.7. The summed E-state index contributed by atoms with van der Waals surface area (Å²) in [7, 11) is 0. The van der Waals surface area contributed by atoms with E-state index in [4.69, 9.17) is 5.84 Å². The highest BCUT2D eigenvalue weighted by Gasteiger charge is 2.11. The fraction of sp³-hybridized carbons (Fsp3) is 0. The van der Waals surface area contributed by atoms with Crippen LogP contribution in [0.25, 0.3) is 0 Å². The highest BCUT2D eigenvalue weighted by atomic mass is 16.1.